The molecule has 0 radical (unpaired) electrons. The van der Waals surface area contributed by atoms with E-state index >= 15 is 0 Å². The highest BCUT2D eigenvalue weighted by Gasteiger charge is 2.25. The van der Waals surface area contributed by atoms with Gasteiger partial charge in [-0.05, 0) is 36.6 Å². The Kier molecular flexibility index (Phi) is 3.71. The van der Waals surface area contributed by atoms with E-state index in [2.05, 4.69) is 18.4 Å². The van der Waals surface area contributed by atoms with Crippen LogP contribution in [0.25, 0.3) is 0 Å². The second kappa shape index (κ2) is 5.04. The van der Waals surface area contributed by atoms with Gasteiger partial charge in [-0.1, -0.05) is 31.0 Å². The third-order valence-corrected chi connectivity index (χ3v) is 4.12. The summed E-state index contributed by atoms with van der Waals surface area (Å²) in [5.41, 5.74) is 1.12. The van der Waals surface area contributed by atoms with Gasteiger partial charge in [0.15, 0.2) is 0 Å². The molecule has 1 saturated carbocycles. The molecule has 1 nitrogen and oxygen atoms in total. The van der Waals surface area contributed by atoms with Crippen LogP contribution in [0.15, 0.2) is 29.2 Å². The van der Waals surface area contributed by atoms with E-state index in [0.29, 0.717) is 5.92 Å². The van der Waals surface area contributed by atoms with Gasteiger partial charge in [0.2, 0.25) is 0 Å². The number of aliphatic hydroxyl groups is 1. The summed E-state index contributed by atoms with van der Waals surface area (Å²) in [7, 11) is 0. The molecule has 1 aromatic carbocycles. The van der Waals surface area contributed by atoms with E-state index in [4.69, 9.17) is 0 Å². The molecule has 0 heterocycles. The molecule has 1 aromatic rings. The molecule has 0 bridgehead atoms. The summed E-state index contributed by atoms with van der Waals surface area (Å²) in [6.07, 6.45) is 6.75. The molecule has 1 atom stereocenters. The maximum atomic E-state index is 10.3. The van der Waals surface area contributed by atoms with E-state index in [-0.39, 0.29) is 6.10 Å². The molecule has 82 valence electrons. The Bertz CT molecular complexity index is 318. The van der Waals surface area contributed by atoms with Crippen molar-refractivity contribution in [2.24, 2.45) is 5.92 Å². The van der Waals surface area contributed by atoms with Crippen molar-refractivity contribution in [3.8, 4) is 0 Å². The standard InChI is InChI=1S/C13H18OS/c1-15-12-9-5-4-8-11(12)13(14)10-6-2-3-7-10/h4-5,8-10,13-14H,2-3,6-7H2,1H3. The summed E-state index contributed by atoms with van der Waals surface area (Å²) < 4.78 is 0. The minimum atomic E-state index is -0.254. The average Bonchev–Trinajstić information content (AvgIpc) is 2.81. The molecule has 0 spiro atoms. The fourth-order valence-corrected chi connectivity index (χ4v) is 3.08. The topological polar surface area (TPSA) is 20.2 Å². The van der Waals surface area contributed by atoms with E-state index in [1.54, 1.807) is 11.8 Å². The zero-order valence-corrected chi connectivity index (χ0v) is 9.96. The predicted octanol–water partition coefficient (Wildman–Crippen LogP) is 3.63. The summed E-state index contributed by atoms with van der Waals surface area (Å²) >= 11 is 1.72. The van der Waals surface area contributed by atoms with Crippen LogP contribution in [0.1, 0.15) is 37.4 Å². The van der Waals surface area contributed by atoms with Crippen LogP contribution in [-0.4, -0.2) is 11.4 Å². The molecular formula is C13H18OS. The van der Waals surface area contributed by atoms with E-state index in [9.17, 15) is 5.11 Å². The van der Waals surface area contributed by atoms with Gasteiger partial charge in [-0.2, -0.15) is 0 Å². The first-order valence-corrected chi connectivity index (χ1v) is 6.86. The molecule has 1 fully saturated rings. The van der Waals surface area contributed by atoms with Crippen molar-refractivity contribution in [1.82, 2.24) is 0 Å². The highest BCUT2D eigenvalue weighted by molar-refractivity contribution is 7.98. The molecular weight excluding hydrogens is 204 g/mol. The van der Waals surface area contributed by atoms with Crippen LogP contribution >= 0.6 is 11.8 Å². The van der Waals surface area contributed by atoms with E-state index < -0.39 is 0 Å². The van der Waals surface area contributed by atoms with Gasteiger partial charge in [0.1, 0.15) is 0 Å². The van der Waals surface area contributed by atoms with Crippen LogP contribution in [0.3, 0.4) is 0 Å². The van der Waals surface area contributed by atoms with Crippen LogP contribution in [0, 0.1) is 5.92 Å². The average molecular weight is 222 g/mol. The van der Waals surface area contributed by atoms with Gasteiger partial charge in [-0.15, -0.1) is 11.8 Å². The molecule has 15 heavy (non-hydrogen) atoms. The van der Waals surface area contributed by atoms with Crippen LogP contribution in [-0.2, 0) is 0 Å². The molecule has 0 saturated heterocycles. The van der Waals surface area contributed by atoms with E-state index in [1.165, 1.54) is 30.6 Å². The molecule has 1 unspecified atom stereocenters. The Hall–Kier alpha value is -0.470. The zero-order chi connectivity index (χ0) is 10.7. The minimum absolute atomic E-state index is 0.254. The normalized spacial score (nSPS) is 19.3. The summed E-state index contributed by atoms with van der Waals surface area (Å²) in [5, 5.41) is 10.3. The van der Waals surface area contributed by atoms with E-state index in [1.807, 2.05) is 12.1 Å². The van der Waals surface area contributed by atoms with Crippen LogP contribution in [0.5, 0.6) is 0 Å². The second-order valence-electron chi connectivity index (χ2n) is 4.23. The molecule has 0 aliphatic heterocycles. The lowest BCUT2D eigenvalue weighted by atomic mass is 9.94. The van der Waals surface area contributed by atoms with Gasteiger partial charge < -0.3 is 5.11 Å². The van der Waals surface area contributed by atoms with Crippen molar-refractivity contribution in [2.45, 2.75) is 36.7 Å². The Balaban J connectivity index is 2.19. The third-order valence-electron chi connectivity index (χ3n) is 3.30. The van der Waals surface area contributed by atoms with Gasteiger partial charge in [0.25, 0.3) is 0 Å². The predicted molar refractivity (Wildman–Crippen MR) is 65.1 cm³/mol. The number of benzene rings is 1. The highest BCUT2D eigenvalue weighted by Crippen LogP contribution is 2.38. The number of aliphatic hydroxyl groups excluding tert-OH is 1. The first kappa shape index (κ1) is 11.0. The van der Waals surface area contributed by atoms with Crippen molar-refractivity contribution in [2.75, 3.05) is 6.26 Å². The lowest BCUT2D eigenvalue weighted by molar-refractivity contribution is 0.109. The summed E-state index contributed by atoms with van der Waals surface area (Å²) in [6, 6.07) is 8.22. The molecule has 2 rings (SSSR count). The molecule has 1 aliphatic carbocycles. The minimum Gasteiger partial charge on any atom is -0.388 e. The lowest BCUT2D eigenvalue weighted by Gasteiger charge is -2.20. The van der Waals surface area contributed by atoms with Gasteiger partial charge in [0.05, 0.1) is 6.10 Å². The third kappa shape index (κ3) is 2.37. The Morgan fingerprint density at radius 1 is 1.27 bits per heavy atom. The molecule has 2 heteroatoms. The van der Waals surface area contributed by atoms with Crippen LogP contribution in [0.4, 0.5) is 0 Å². The number of hydrogen-bond donors (Lipinski definition) is 1. The van der Waals surface area contributed by atoms with Crippen molar-refractivity contribution in [3.05, 3.63) is 29.8 Å². The number of rotatable bonds is 3. The SMILES string of the molecule is CSc1ccccc1C(O)C1CCCC1. The Morgan fingerprint density at radius 2 is 1.93 bits per heavy atom. The molecule has 0 amide bonds. The first-order chi connectivity index (χ1) is 7.33. The van der Waals surface area contributed by atoms with Crippen molar-refractivity contribution in [3.63, 3.8) is 0 Å². The number of hydrogen-bond acceptors (Lipinski definition) is 2. The van der Waals surface area contributed by atoms with Gasteiger partial charge in [-0.3, -0.25) is 0 Å². The maximum absolute atomic E-state index is 10.3. The largest absolute Gasteiger partial charge is 0.388 e. The quantitative estimate of drug-likeness (QED) is 0.788. The molecule has 1 N–H and O–H groups in total. The monoisotopic (exact) mass is 222 g/mol. The fraction of sp³-hybridized carbons (Fsp3) is 0.538. The van der Waals surface area contributed by atoms with Crippen molar-refractivity contribution in [1.29, 1.82) is 0 Å². The summed E-state index contributed by atoms with van der Waals surface area (Å²) in [4.78, 5) is 1.22. The van der Waals surface area contributed by atoms with Gasteiger partial charge in [-0.25, -0.2) is 0 Å². The second-order valence-corrected chi connectivity index (χ2v) is 5.08. The van der Waals surface area contributed by atoms with Crippen molar-refractivity contribution < 1.29 is 5.11 Å². The van der Waals surface area contributed by atoms with Gasteiger partial charge >= 0.3 is 0 Å². The van der Waals surface area contributed by atoms with Crippen LogP contribution < -0.4 is 0 Å². The fourth-order valence-electron chi connectivity index (χ4n) is 2.44. The summed E-state index contributed by atoms with van der Waals surface area (Å²) in [6.45, 7) is 0. The van der Waals surface area contributed by atoms with Crippen molar-refractivity contribution >= 4 is 11.8 Å². The molecule has 1 aliphatic rings. The zero-order valence-electron chi connectivity index (χ0n) is 9.15. The first-order valence-electron chi connectivity index (χ1n) is 5.64. The Morgan fingerprint density at radius 3 is 2.60 bits per heavy atom. The number of thioether (sulfide) groups is 1. The molecule has 0 aromatic heterocycles. The van der Waals surface area contributed by atoms with E-state index in [0.717, 1.165) is 5.56 Å². The smallest absolute Gasteiger partial charge is 0.0828 e. The highest BCUT2D eigenvalue weighted by atomic mass is 32.2. The maximum Gasteiger partial charge on any atom is 0.0828 e. The Labute approximate surface area is 95.9 Å². The summed E-state index contributed by atoms with van der Waals surface area (Å²) in [5.74, 6) is 0.485. The van der Waals surface area contributed by atoms with Crippen LogP contribution in [0.2, 0.25) is 0 Å². The van der Waals surface area contributed by atoms with Gasteiger partial charge in [0, 0.05) is 4.90 Å². The lowest BCUT2D eigenvalue weighted by Crippen LogP contribution is -2.09.